The summed E-state index contributed by atoms with van der Waals surface area (Å²) in [5, 5.41) is 7.50. The molecule has 132 valence electrons. The Hall–Kier alpha value is -3.06. The largest absolute Gasteiger partial charge is 0.463 e. The van der Waals surface area contributed by atoms with Gasteiger partial charge in [-0.1, -0.05) is 29.8 Å². The molecule has 0 aliphatic heterocycles. The first-order valence-electron chi connectivity index (χ1n) is 8.03. The van der Waals surface area contributed by atoms with Crippen molar-refractivity contribution in [2.45, 2.75) is 19.5 Å². The van der Waals surface area contributed by atoms with Gasteiger partial charge in [-0.05, 0) is 18.6 Å². The molecule has 0 spiro atoms. The molecule has 0 fully saturated rings. The summed E-state index contributed by atoms with van der Waals surface area (Å²) in [6.07, 6.45) is 3.06. The third kappa shape index (κ3) is 2.66. The fraction of sp³-hybridized carbons (Fsp3) is 0.167. The number of carbonyl (C=O) groups excluding carboxylic acids is 1. The van der Waals surface area contributed by atoms with E-state index in [1.54, 1.807) is 35.8 Å². The zero-order valence-electron chi connectivity index (χ0n) is 13.8. The van der Waals surface area contributed by atoms with E-state index in [0.29, 0.717) is 16.1 Å². The summed E-state index contributed by atoms with van der Waals surface area (Å²) < 4.78 is 8.12. The van der Waals surface area contributed by atoms with E-state index in [1.807, 2.05) is 18.2 Å². The Balaban J connectivity index is 1.60. The Morgan fingerprint density at radius 3 is 2.92 bits per heavy atom. The predicted molar refractivity (Wildman–Crippen MR) is 97.2 cm³/mol. The second-order valence-electron chi connectivity index (χ2n) is 5.94. The number of nitrogens with zero attached hydrogens (tertiary/aromatic N) is 3. The molecule has 0 bridgehead atoms. The van der Waals surface area contributed by atoms with Crippen LogP contribution in [0.1, 0.15) is 18.5 Å². The van der Waals surface area contributed by atoms with Crippen LogP contribution in [0.25, 0.3) is 16.6 Å². The first-order valence-corrected chi connectivity index (χ1v) is 8.41. The molecule has 0 unspecified atom stereocenters. The van der Waals surface area contributed by atoms with Gasteiger partial charge in [-0.15, -0.1) is 0 Å². The predicted octanol–water partition coefficient (Wildman–Crippen LogP) is 2.77. The minimum Gasteiger partial charge on any atom is -0.463 e. The van der Waals surface area contributed by atoms with Crippen LogP contribution in [0.4, 0.5) is 0 Å². The molecule has 3 heterocycles. The summed E-state index contributed by atoms with van der Waals surface area (Å²) >= 11 is 6.09. The van der Waals surface area contributed by atoms with Crippen LogP contribution in [0, 0.1) is 0 Å². The molecule has 0 saturated heterocycles. The average molecular weight is 371 g/mol. The number of rotatable bonds is 4. The quantitative estimate of drug-likeness (QED) is 0.599. The standard InChI is InChI=1S/C18H15ClN4O3/c1-11(17(24)20-9-12-4-2-3-5-13(12)19)23-18(25)15-8-16-14(6-7-26-16)22(15)10-21-23/h2-8,10-11H,9H2,1H3,(H,20,24)/t11-/m1/s1. The lowest BCUT2D eigenvalue weighted by Crippen LogP contribution is -2.37. The van der Waals surface area contributed by atoms with Crippen LogP contribution in [-0.2, 0) is 11.3 Å². The highest BCUT2D eigenvalue weighted by atomic mass is 35.5. The van der Waals surface area contributed by atoms with Gasteiger partial charge in [0, 0.05) is 23.7 Å². The molecule has 0 aliphatic carbocycles. The summed E-state index contributed by atoms with van der Waals surface area (Å²) in [7, 11) is 0. The number of carbonyl (C=O) groups is 1. The molecule has 0 aliphatic rings. The number of fused-ring (bicyclic) bond motifs is 3. The topological polar surface area (TPSA) is 81.5 Å². The second-order valence-corrected chi connectivity index (χ2v) is 6.34. The van der Waals surface area contributed by atoms with E-state index in [2.05, 4.69) is 10.4 Å². The summed E-state index contributed by atoms with van der Waals surface area (Å²) in [5.41, 5.74) is 2.20. The zero-order valence-corrected chi connectivity index (χ0v) is 14.6. The van der Waals surface area contributed by atoms with Crippen molar-refractivity contribution >= 4 is 34.1 Å². The molecule has 1 N–H and O–H groups in total. The highest BCUT2D eigenvalue weighted by Crippen LogP contribution is 2.19. The Kier molecular flexibility index (Phi) is 4.00. The molecule has 0 saturated carbocycles. The molecular formula is C18H15ClN4O3. The Labute approximate surface area is 152 Å². The van der Waals surface area contributed by atoms with Crippen molar-refractivity contribution in [1.29, 1.82) is 0 Å². The third-order valence-corrected chi connectivity index (χ3v) is 4.70. The van der Waals surface area contributed by atoms with Crippen LogP contribution in [0.5, 0.6) is 0 Å². The summed E-state index contributed by atoms with van der Waals surface area (Å²) in [5.74, 6) is -0.320. The normalized spacial score (nSPS) is 12.5. The van der Waals surface area contributed by atoms with Gasteiger partial charge in [0.05, 0.1) is 11.8 Å². The molecule has 4 rings (SSSR count). The fourth-order valence-electron chi connectivity index (χ4n) is 2.87. The molecule has 4 aromatic rings. The lowest BCUT2D eigenvalue weighted by atomic mass is 10.2. The van der Waals surface area contributed by atoms with Gasteiger partial charge >= 0.3 is 0 Å². The van der Waals surface area contributed by atoms with E-state index in [1.165, 1.54) is 6.33 Å². The van der Waals surface area contributed by atoms with Gasteiger partial charge in [0.15, 0.2) is 5.58 Å². The van der Waals surface area contributed by atoms with Crippen molar-refractivity contribution in [2.24, 2.45) is 0 Å². The number of halogens is 1. The molecule has 26 heavy (non-hydrogen) atoms. The lowest BCUT2D eigenvalue weighted by Gasteiger charge is -2.14. The molecule has 0 radical (unpaired) electrons. The van der Waals surface area contributed by atoms with E-state index < -0.39 is 6.04 Å². The molecule has 8 heteroatoms. The lowest BCUT2D eigenvalue weighted by molar-refractivity contribution is -0.124. The van der Waals surface area contributed by atoms with Gasteiger partial charge in [-0.2, -0.15) is 5.10 Å². The van der Waals surface area contributed by atoms with E-state index in [0.717, 1.165) is 15.8 Å². The molecule has 1 atom stereocenters. The summed E-state index contributed by atoms with van der Waals surface area (Å²) in [6, 6.07) is 9.89. The number of hydrogen-bond donors (Lipinski definition) is 1. The second kappa shape index (κ2) is 6.34. The SMILES string of the molecule is C[C@H](C(=O)NCc1ccccc1Cl)n1ncn2c(cc3occc32)c1=O. The Bertz CT molecular complexity index is 1170. The van der Waals surface area contributed by atoms with Gasteiger partial charge in [-0.25, -0.2) is 4.68 Å². The van der Waals surface area contributed by atoms with E-state index in [4.69, 9.17) is 16.0 Å². The van der Waals surface area contributed by atoms with Crippen molar-refractivity contribution in [2.75, 3.05) is 0 Å². The highest BCUT2D eigenvalue weighted by molar-refractivity contribution is 6.31. The van der Waals surface area contributed by atoms with Crippen LogP contribution in [0.3, 0.4) is 0 Å². The van der Waals surface area contributed by atoms with Crippen LogP contribution in [-0.4, -0.2) is 20.1 Å². The van der Waals surface area contributed by atoms with Gasteiger partial charge in [0.1, 0.15) is 17.9 Å². The zero-order chi connectivity index (χ0) is 18.3. The molecule has 1 aromatic carbocycles. The number of benzene rings is 1. The Morgan fingerprint density at radius 2 is 2.12 bits per heavy atom. The fourth-order valence-corrected chi connectivity index (χ4v) is 3.07. The van der Waals surface area contributed by atoms with Crippen LogP contribution >= 0.6 is 11.6 Å². The highest BCUT2D eigenvalue weighted by Gasteiger charge is 2.20. The maximum atomic E-state index is 12.7. The van der Waals surface area contributed by atoms with Crippen molar-refractivity contribution in [3.63, 3.8) is 0 Å². The van der Waals surface area contributed by atoms with E-state index in [-0.39, 0.29) is 18.0 Å². The first-order chi connectivity index (χ1) is 12.6. The number of amides is 1. The number of aromatic nitrogens is 3. The smallest absolute Gasteiger partial charge is 0.291 e. The maximum Gasteiger partial charge on any atom is 0.291 e. The van der Waals surface area contributed by atoms with E-state index in [9.17, 15) is 9.59 Å². The van der Waals surface area contributed by atoms with Gasteiger partial charge in [0.2, 0.25) is 5.91 Å². The molecular weight excluding hydrogens is 356 g/mol. The van der Waals surface area contributed by atoms with E-state index >= 15 is 0 Å². The number of nitrogens with one attached hydrogen (secondary N) is 1. The molecule has 3 aromatic heterocycles. The van der Waals surface area contributed by atoms with Crippen molar-refractivity contribution < 1.29 is 9.21 Å². The number of furan rings is 1. The first kappa shape index (κ1) is 16.4. The molecule has 1 amide bonds. The van der Waals surface area contributed by atoms with Gasteiger partial charge < -0.3 is 9.73 Å². The minimum absolute atomic E-state index is 0.276. The summed E-state index contributed by atoms with van der Waals surface area (Å²) in [4.78, 5) is 25.2. The van der Waals surface area contributed by atoms with Crippen molar-refractivity contribution in [3.05, 3.63) is 69.9 Å². The van der Waals surface area contributed by atoms with Crippen molar-refractivity contribution in [3.8, 4) is 0 Å². The van der Waals surface area contributed by atoms with Crippen molar-refractivity contribution in [1.82, 2.24) is 19.5 Å². The minimum atomic E-state index is -0.767. The van der Waals surface area contributed by atoms with Gasteiger partial charge in [0.25, 0.3) is 5.56 Å². The van der Waals surface area contributed by atoms with Crippen LogP contribution in [0.15, 0.2) is 58.2 Å². The number of hydrogen-bond acceptors (Lipinski definition) is 4. The van der Waals surface area contributed by atoms with Crippen LogP contribution < -0.4 is 10.9 Å². The average Bonchev–Trinajstić information content (AvgIpc) is 3.22. The third-order valence-electron chi connectivity index (χ3n) is 4.34. The molecule has 7 nitrogen and oxygen atoms in total. The van der Waals surface area contributed by atoms with Crippen LogP contribution in [0.2, 0.25) is 5.02 Å². The Morgan fingerprint density at radius 1 is 1.31 bits per heavy atom. The van der Waals surface area contributed by atoms with Gasteiger partial charge in [-0.3, -0.25) is 14.0 Å². The maximum absolute atomic E-state index is 12.7. The summed E-state index contributed by atoms with van der Waals surface area (Å²) in [6.45, 7) is 1.90. The monoisotopic (exact) mass is 370 g/mol.